The summed E-state index contributed by atoms with van der Waals surface area (Å²) in [4.78, 5) is 0. The number of hydrogen-bond acceptors (Lipinski definition) is 10. The lowest BCUT2D eigenvalue weighted by atomic mass is 10.2. The van der Waals surface area contributed by atoms with Gasteiger partial charge in [-0.2, -0.15) is 16.8 Å². The molecule has 2 rings (SSSR count). The van der Waals surface area contributed by atoms with Crippen molar-refractivity contribution in [2.24, 2.45) is 11.5 Å². The minimum absolute atomic E-state index is 0.0158. The molecular weight excluding hydrogens is 692 g/mol. The lowest BCUT2D eigenvalue weighted by molar-refractivity contribution is 0.246. The van der Waals surface area contributed by atoms with Crippen LogP contribution in [0.1, 0.15) is 17.5 Å². The molecule has 0 amide bonds. The Morgan fingerprint density at radius 1 is 0.744 bits per heavy atom. The fourth-order valence-corrected chi connectivity index (χ4v) is 3.67. The van der Waals surface area contributed by atoms with Crippen molar-refractivity contribution in [3.8, 4) is 11.5 Å². The van der Waals surface area contributed by atoms with E-state index in [4.69, 9.17) is 51.1 Å². The highest BCUT2D eigenvalue weighted by atomic mass is 79.9. The number of hydrogen-bond donors (Lipinski definition) is 8. The number of nitrogens with one attached hydrogen (secondary N) is 2. The van der Waals surface area contributed by atoms with E-state index in [1.807, 2.05) is 0 Å². The highest BCUT2D eigenvalue weighted by molar-refractivity contribution is 9.10. The van der Waals surface area contributed by atoms with E-state index in [2.05, 4.69) is 31.9 Å². The minimum atomic E-state index is -3.92. The number of ether oxygens (including phenoxy) is 2. The maximum absolute atomic E-state index is 9.63. The van der Waals surface area contributed by atoms with Crippen molar-refractivity contribution in [1.29, 1.82) is 10.8 Å². The van der Waals surface area contributed by atoms with Gasteiger partial charge in [0.2, 0.25) is 0 Å². The van der Waals surface area contributed by atoms with Crippen LogP contribution in [0.25, 0.3) is 0 Å². The van der Waals surface area contributed by atoms with Crippen molar-refractivity contribution in [2.45, 2.75) is 6.42 Å². The molecular formula is C21H30Br2N4O10S2. The van der Waals surface area contributed by atoms with E-state index in [1.54, 1.807) is 36.4 Å². The molecule has 39 heavy (non-hydrogen) atoms. The molecule has 220 valence electrons. The van der Waals surface area contributed by atoms with E-state index in [-0.39, 0.29) is 11.7 Å². The van der Waals surface area contributed by atoms with Gasteiger partial charge in [0.1, 0.15) is 23.2 Å². The van der Waals surface area contributed by atoms with Crippen LogP contribution in [0.5, 0.6) is 11.5 Å². The third-order valence-electron chi connectivity index (χ3n) is 3.99. The Kier molecular flexibility index (Phi) is 17.0. The first-order valence-electron chi connectivity index (χ1n) is 10.7. The van der Waals surface area contributed by atoms with Crippen molar-refractivity contribution in [1.82, 2.24) is 0 Å². The van der Waals surface area contributed by atoms with Gasteiger partial charge in [0.25, 0.3) is 20.2 Å². The van der Waals surface area contributed by atoms with Gasteiger partial charge < -0.3 is 31.2 Å². The van der Waals surface area contributed by atoms with Crippen LogP contribution in [-0.4, -0.2) is 85.8 Å². The molecule has 2 aromatic carbocycles. The Labute approximate surface area is 243 Å². The monoisotopic (exact) mass is 720 g/mol. The number of benzene rings is 2. The summed E-state index contributed by atoms with van der Waals surface area (Å²) in [6.45, 7) is -0.0833. The van der Waals surface area contributed by atoms with Gasteiger partial charge in [-0.15, -0.1) is 0 Å². The Balaban J connectivity index is 0.000000848. The van der Waals surface area contributed by atoms with Crippen LogP contribution in [0.15, 0.2) is 45.3 Å². The topological polar surface area (TPSA) is 267 Å². The summed E-state index contributed by atoms with van der Waals surface area (Å²) in [5.41, 5.74) is 12.2. The molecule has 0 radical (unpaired) electrons. The van der Waals surface area contributed by atoms with Gasteiger partial charge in [-0.05, 0) is 68.3 Å². The molecule has 0 saturated carbocycles. The summed E-state index contributed by atoms with van der Waals surface area (Å²) in [6.07, 6.45) is 0.696. The van der Waals surface area contributed by atoms with Gasteiger partial charge in [-0.3, -0.25) is 19.9 Å². The van der Waals surface area contributed by atoms with E-state index in [1.165, 1.54) is 0 Å². The van der Waals surface area contributed by atoms with E-state index >= 15 is 0 Å². The smallest absolute Gasteiger partial charge is 0.267 e. The first-order valence-corrected chi connectivity index (χ1v) is 15.5. The fourth-order valence-electron chi connectivity index (χ4n) is 2.22. The van der Waals surface area contributed by atoms with Crippen molar-refractivity contribution in [3.05, 3.63) is 56.5 Å². The van der Waals surface area contributed by atoms with E-state index in [0.29, 0.717) is 42.3 Å². The highest BCUT2D eigenvalue weighted by Gasteiger charge is 2.06. The van der Waals surface area contributed by atoms with Gasteiger partial charge in [-0.25, -0.2) is 0 Å². The van der Waals surface area contributed by atoms with E-state index in [0.717, 1.165) is 8.95 Å². The molecule has 0 saturated heterocycles. The largest absolute Gasteiger partial charge is 0.492 e. The van der Waals surface area contributed by atoms with Crippen LogP contribution in [0, 0.1) is 10.8 Å². The van der Waals surface area contributed by atoms with Gasteiger partial charge in [-0.1, -0.05) is 0 Å². The minimum Gasteiger partial charge on any atom is -0.492 e. The van der Waals surface area contributed by atoms with Crippen LogP contribution < -0.4 is 20.9 Å². The predicted octanol–water partition coefficient (Wildman–Crippen LogP) is 1.36. The zero-order valence-electron chi connectivity index (χ0n) is 20.4. The Morgan fingerprint density at radius 2 is 1.08 bits per heavy atom. The standard InChI is InChI=1S/C17H18Br2N4O2.2C2H6O4S/c18-12-8-10(16(20)21)2-4-14(12)24-6-1-7-25-15-5-3-11(17(22)23)9-13(15)19;2*3-1-2-7(4,5)6/h2-5,8-9H,1,6-7H2,(H3,20,21)(H3,22,23);2*3H,1-2H2,(H,4,5,6). The van der Waals surface area contributed by atoms with Crippen LogP contribution in [0.4, 0.5) is 0 Å². The van der Waals surface area contributed by atoms with Crippen LogP contribution in [-0.2, 0) is 20.2 Å². The first-order chi connectivity index (χ1) is 18.0. The number of amidine groups is 2. The molecule has 14 nitrogen and oxygen atoms in total. The van der Waals surface area contributed by atoms with Crippen molar-refractivity contribution in [3.63, 3.8) is 0 Å². The van der Waals surface area contributed by atoms with Gasteiger partial charge in [0, 0.05) is 17.5 Å². The van der Waals surface area contributed by atoms with Gasteiger partial charge in [0.15, 0.2) is 0 Å². The van der Waals surface area contributed by atoms with Crippen LogP contribution in [0.2, 0.25) is 0 Å². The molecule has 0 aliphatic carbocycles. The quantitative estimate of drug-likeness (QED) is 0.0668. The van der Waals surface area contributed by atoms with Crippen molar-refractivity contribution >= 4 is 63.8 Å². The van der Waals surface area contributed by atoms with Crippen LogP contribution >= 0.6 is 31.9 Å². The SMILES string of the molecule is N=C(N)c1ccc(OCCCOc2ccc(C(=N)N)cc2Br)c(Br)c1.O=S(=O)(O)CCO.O=S(=O)(O)CCO. The molecule has 0 fully saturated rings. The second kappa shape index (κ2) is 18.1. The molecule has 0 atom stereocenters. The molecule has 2 aromatic rings. The summed E-state index contributed by atoms with van der Waals surface area (Å²) in [5.74, 6) is 0.262. The summed E-state index contributed by atoms with van der Waals surface area (Å²) in [6, 6.07) is 10.5. The van der Waals surface area contributed by atoms with Crippen molar-refractivity contribution in [2.75, 3.05) is 37.9 Å². The molecule has 0 unspecified atom stereocenters. The Morgan fingerprint density at radius 3 is 1.28 bits per heavy atom. The number of nitrogens with two attached hydrogens (primary N) is 2. The average Bonchev–Trinajstić information content (AvgIpc) is 2.79. The van der Waals surface area contributed by atoms with Crippen LogP contribution in [0.3, 0.4) is 0 Å². The number of rotatable bonds is 12. The summed E-state index contributed by atoms with van der Waals surface area (Å²) in [7, 11) is -7.85. The average molecular weight is 722 g/mol. The number of nitrogen functional groups attached to an aromatic ring is 2. The second-order valence-corrected chi connectivity index (χ2v) is 12.0. The summed E-state index contributed by atoms with van der Waals surface area (Å²) >= 11 is 6.81. The van der Waals surface area contributed by atoms with Crippen molar-refractivity contribution < 1.29 is 45.6 Å². The predicted molar refractivity (Wildman–Crippen MR) is 153 cm³/mol. The summed E-state index contributed by atoms with van der Waals surface area (Å²) in [5, 5.41) is 30.5. The maximum Gasteiger partial charge on any atom is 0.267 e. The lowest BCUT2D eigenvalue weighted by Gasteiger charge is -2.11. The number of aliphatic hydroxyl groups is 2. The molecule has 0 bridgehead atoms. The molecule has 18 heteroatoms. The molecule has 0 aliphatic heterocycles. The third kappa shape index (κ3) is 17.8. The highest BCUT2D eigenvalue weighted by Crippen LogP contribution is 2.27. The summed E-state index contributed by atoms with van der Waals surface area (Å²) < 4.78 is 67.1. The molecule has 0 aliphatic rings. The number of halogens is 2. The molecule has 0 heterocycles. The zero-order chi connectivity index (χ0) is 30.2. The van der Waals surface area contributed by atoms with E-state index in [9.17, 15) is 16.8 Å². The number of aliphatic hydroxyl groups excluding tert-OH is 2. The second-order valence-electron chi connectivity index (χ2n) is 7.19. The molecule has 0 aromatic heterocycles. The zero-order valence-corrected chi connectivity index (χ0v) is 25.2. The molecule has 0 spiro atoms. The third-order valence-corrected chi connectivity index (χ3v) is 6.62. The van der Waals surface area contributed by atoms with E-state index < -0.39 is 45.0 Å². The Hall–Kier alpha value is -2.32. The Bertz CT molecular complexity index is 1210. The molecule has 10 N–H and O–H groups in total. The fraction of sp³-hybridized carbons (Fsp3) is 0.333. The lowest BCUT2D eigenvalue weighted by Crippen LogP contribution is -2.11. The first kappa shape index (κ1) is 36.7. The maximum atomic E-state index is 9.63. The van der Waals surface area contributed by atoms with Gasteiger partial charge >= 0.3 is 0 Å². The normalized spacial score (nSPS) is 10.8. The van der Waals surface area contributed by atoms with Gasteiger partial charge in [0.05, 0.1) is 46.9 Å².